The molecule has 1 aliphatic rings. The first-order chi connectivity index (χ1) is 16.5. The summed E-state index contributed by atoms with van der Waals surface area (Å²) in [5.74, 6) is 1.44. The predicted molar refractivity (Wildman–Crippen MR) is 121 cm³/mol. The third-order valence-electron chi connectivity index (χ3n) is 5.11. The molecule has 11 nitrogen and oxygen atoms in total. The van der Waals surface area contributed by atoms with Gasteiger partial charge in [-0.25, -0.2) is 4.68 Å². The van der Waals surface area contributed by atoms with E-state index in [9.17, 15) is 14.9 Å². The number of nitro benzene ring substituents is 1. The molecular formula is C23H17N5O6. The summed E-state index contributed by atoms with van der Waals surface area (Å²) in [7, 11) is 1.49. The van der Waals surface area contributed by atoms with Gasteiger partial charge in [-0.3, -0.25) is 14.9 Å². The third kappa shape index (κ3) is 3.97. The number of anilines is 1. The Bertz CT molecular complexity index is 1380. The van der Waals surface area contributed by atoms with Crippen molar-refractivity contribution in [2.24, 2.45) is 0 Å². The molecule has 0 saturated carbocycles. The standard InChI is InChI=1S/C23H17N5O6/c1-32-23-25-21(15-4-11-19-20(12-15)34-13-33-19)27(26-23)17-9-5-16(6-10-17)24-22(29)14-2-7-18(8-3-14)28(30)31/h2-12H,13H2,1H3,(H,24,29). The first-order valence-corrected chi connectivity index (χ1v) is 10.1. The Morgan fingerprint density at radius 2 is 1.79 bits per heavy atom. The van der Waals surface area contributed by atoms with Gasteiger partial charge in [-0.2, -0.15) is 4.98 Å². The highest BCUT2D eigenvalue weighted by Crippen LogP contribution is 2.36. The van der Waals surface area contributed by atoms with E-state index in [1.807, 2.05) is 12.1 Å². The van der Waals surface area contributed by atoms with Crippen LogP contribution >= 0.6 is 0 Å². The number of rotatable bonds is 6. The van der Waals surface area contributed by atoms with E-state index in [4.69, 9.17) is 14.2 Å². The summed E-state index contributed by atoms with van der Waals surface area (Å²) < 4.78 is 17.7. The minimum atomic E-state index is -0.516. The lowest BCUT2D eigenvalue weighted by Gasteiger charge is -2.09. The number of hydrogen-bond acceptors (Lipinski definition) is 8. The molecule has 0 atom stereocenters. The van der Waals surface area contributed by atoms with Gasteiger partial charge >= 0.3 is 6.01 Å². The summed E-state index contributed by atoms with van der Waals surface area (Å²) in [6.07, 6.45) is 0. The molecule has 1 amide bonds. The Hall–Kier alpha value is -4.93. The molecule has 0 saturated heterocycles. The number of fused-ring (bicyclic) bond motifs is 1. The van der Waals surface area contributed by atoms with Crippen molar-refractivity contribution < 1.29 is 23.9 Å². The number of non-ortho nitro benzene ring substituents is 1. The Morgan fingerprint density at radius 3 is 2.50 bits per heavy atom. The van der Waals surface area contributed by atoms with E-state index in [1.165, 1.54) is 31.4 Å². The monoisotopic (exact) mass is 459 g/mol. The van der Waals surface area contributed by atoms with Crippen molar-refractivity contribution in [3.05, 3.63) is 82.4 Å². The number of hydrogen-bond donors (Lipinski definition) is 1. The second-order valence-electron chi connectivity index (χ2n) is 7.21. The molecule has 1 N–H and O–H groups in total. The SMILES string of the molecule is COc1nc(-c2ccc3c(c2)OCO3)n(-c2ccc(NC(=O)c3ccc([N+](=O)[O-])cc3)cc2)n1. The van der Waals surface area contributed by atoms with E-state index in [0.717, 1.165) is 5.56 Å². The van der Waals surface area contributed by atoms with E-state index < -0.39 is 4.92 Å². The van der Waals surface area contributed by atoms with Crippen LogP contribution in [0.25, 0.3) is 17.1 Å². The molecule has 34 heavy (non-hydrogen) atoms. The molecule has 2 heterocycles. The number of aromatic nitrogens is 3. The van der Waals surface area contributed by atoms with Gasteiger partial charge in [-0.15, -0.1) is 5.10 Å². The first kappa shape index (κ1) is 20.9. The third-order valence-corrected chi connectivity index (χ3v) is 5.11. The summed E-state index contributed by atoms with van der Waals surface area (Å²) in [4.78, 5) is 27.2. The topological polar surface area (TPSA) is 131 Å². The summed E-state index contributed by atoms with van der Waals surface area (Å²) in [5.41, 5.74) is 2.22. The quantitative estimate of drug-likeness (QED) is 0.340. The van der Waals surface area contributed by atoms with E-state index in [1.54, 1.807) is 35.0 Å². The fraction of sp³-hybridized carbons (Fsp3) is 0.0870. The molecule has 11 heteroatoms. The molecule has 0 fully saturated rings. The maximum atomic E-state index is 12.5. The molecule has 0 unspecified atom stereocenters. The molecular weight excluding hydrogens is 442 g/mol. The van der Waals surface area contributed by atoms with Crippen LogP contribution in [0, 0.1) is 10.1 Å². The van der Waals surface area contributed by atoms with Crippen LogP contribution in [0.4, 0.5) is 11.4 Å². The largest absolute Gasteiger partial charge is 0.466 e. The van der Waals surface area contributed by atoms with E-state index in [0.29, 0.717) is 34.3 Å². The summed E-state index contributed by atoms with van der Waals surface area (Å²) in [5, 5.41) is 17.9. The second-order valence-corrected chi connectivity index (χ2v) is 7.21. The maximum Gasteiger partial charge on any atom is 0.336 e. The van der Waals surface area contributed by atoms with Crippen molar-refractivity contribution in [3.8, 4) is 34.6 Å². The molecule has 3 aromatic carbocycles. The molecule has 0 radical (unpaired) electrons. The maximum absolute atomic E-state index is 12.5. The number of nitrogens with one attached hydrogen (secondary N) is 1. The fourth-order valence-corrected chi connectivity index (χ4v) is 3.41. The number of methoxy groups -OCH3 is 1. The highest BCUT2D eigenvalue weighted by Gasteiger charge is 2.19. The van der Waals surface area contributed by atoms with Gasteiger partial charge in [0.2, 0.25) is 6.79 Å². The van der Waals surface area contributed by atoms with Crippen LogP contribution in [0.3, 0.4) is 0 Å². The highest BCUT2D eigenvalue weighted by atomic mass is 16.7. The van der Waals surface area contributed by atoms with Gasteiger partial charge in [0.05, 0.1) is 17.7 Å². The zero-order chi connectivity index (χ0) is 23.7. The molecule has 170 valence electrons. The minimum absolute atomic E-state index is 0.0811. The van der Waals surface area contributed by atoms with Crippen molar-refractivity contribution in [1.82, 2.24) is 14.8 Å². The van der Waals surface area contributed by atoms with Crippen molar-refractivity contribution in [2.45, 2.75) is 0 Å². The number of carbonyl (C=O) groups is 1. The molecule has 1 aromatic heterocycles. The van der Waals surface area contributed by atoms with Gasteiger partial charge in [0.25, 0.3) is 11.6 Å². The van der Waals surface area contributed by atoms with Crippen LogP contribution in [0.2, 0.25) is 0 Å². The average molecular weight is 459 g/mol. The highest BCUT2D eigenvalue weighted by molar-refractivity contribution is 6.04. The smallest absolute Gasteiger partial charge is 0.336 e. The van der Waals surface area contributed by atoms with Crippen molar-refractivity contribution >= 4 is 17.3 Å². The molecule has 5 rings (SSSR count). The molecule has 1 aliphatic heterocycles. The molecule has 0 spiro atoms. The van der Waals surface area contributed by atoms with E-state index >= 15 is 0 Å². The molecule has 0 aliphatic carbocycles. The van der Waals surface area contributed by atoms with Gasteiger partial charge in [0, 0.05) is 28.9 Å². The number of nitro groups is 1. The van der Waals surface area contributed by atoms with Crippen LogP contribution in [0.5, 0.6) is 17.5 Å². The van der Waals surface area contributed by atoms with Gasteiger partial charge in [0.1, 0.15) is 0 Å². The number of benzene rings is 3. The zero-order valence-electron chi connectivity index (χ0n) is 17.8. The van der Waals surface area contributed by atoms with Crippen molar-refractivity contribution in [3.63, 3.8) is 0 Å². The molecule has 0 bridgehead atoms. The van der Waals surface area contributed by atoms with Gasteiger partial charge in [-0.1, -0.05) is 0 Å². The number of nitrogens with zero attached hydrogens (tertiary/aromatic N) is 4. The summed E-state index contributed by atoms with van der Waals surface area (Å²) >= 11 is 0. The number of amides is 1. The lowest BCUT2D eigenvalue weighted by atomic mass is 10.1. The lowest BCUT2D eigenvalue weighted by molar-refractivity contribution is -0.384. The summed E-state index contributed by atoms with van der Waals surface area (Å²) in [6, 6.07) is 18.0. The van der Waals surface area contributed by atoms with Gasteiger partial charge < -0.3 is 19.5 Å². The Morgan fingerprint density at radius 1 is 1.06 bits per heavy atom. The van der Waals surface area contributed by atoms with Crippen molar-refractivity contribution in [2.75, 3.05) is 19.2 Å². The first-order valence-electron chi connectivity index (χ1n) is 10.1. The van der Waals surface area contributed by atoms with Crippen LogP contribution in [-0.4, -0.2) is 39.5 Å². The fourth-order valence-electron chi connectivity index (χ4n) is 3.41. The molecule has 4 aromatic rings. The lowest BCUT2D eigenvalue weighted by Crippen LogP contribution is -2.12. The van der Waals surface area contributed by atoms with Crippen LogP contribution in [0.1, 0.15) is 10.4 Å². The Balaban J connectivity index is 1.39. The second kappa shape index (κ2) is 8.54. The van der Waals surface area contributed by atoms with Gasteiger partial charge in [-0.05, 0) is 54.6 Å². The average Bonchev–Trinajstić information content (AvgIpc) is 3.51. The zero-order valence-corrected chi connectivity index (χ0v) is 17.8. The summed E-state index contributed by atoms with van der Waals surface area (Å²) in [6.45, 7) is 0.169. The number of ether oxygens (including phenoxy) is 3. The van der Waals surface area contributed by atoms with Gasteiger partial charge in [0.15, 0.2) is 17.3 Å². The van der Waals surface area contributed by atoms with E-state index in [2.05, 4.69) is 15.4 Å². The Kier molecular flexibility index (Phi) is 5.26. The number of carbonyl (C=O) groups excluding carboxylic acids is 1. The van der Waals surface area contributed by atoms with Crippen LogP contribution in [-0.2, 0) is 0 Å². The van der Waals surface area contributed by atoms with E-state index in [-0.39, 0.29) is 24.4 Å². The Labute approximate surface area is 192 Å². The van der Waals surface area contributed by atoms with Crippen LogP contribution < -0.4 is 19.5 Å². The van der Waals surface area contributed by atoms with Crippen LogP contribution in [0.15, 0.2) is 66.7 Å². The predicted octanol–water partition coefficient (Wildman–Crippen LogP) is 3.83. The normalized spacial score (nSPS) is 11.8. The minimum Gasteiger partial charge on any atom is -0.466 e. The van der Waals surface area contributed by atoms with Crippen molar-refractivity contribution in [1.29, 1.82) is 0 Å².